The predicted molar refractivity (Wildman–Crippen MR) is 97.8 cm³/mol. The number of anilines is 1. The molecule has 1 fully saturated rings. The van der Waals surface area contributed by atoms with E-state index in [1.165, 1.54) is 0 Å². The number of halogens is 1. The van der Waals surface area contributed by atoms with Crippen LogP contribution in [0.3, 0.4) is 0 Å². The largest absolute Gasteiger partial charge is 0.356 e. The Balaban J connectivity index is 1.88. The van der Waals surface area contributed by atoms with E-state index in [2.05, 4.69) is 39.1 Å². The molecular weight excluding hydrogens is 368 g/mol. The van der Waals surface area contributed by atoms with Gasteiger partial charge in [-0.25, -0.2) is 4.98 Å². The van der Waals surface area contributed by atoms with Gasteiger partial charge in [0.25, 0.3) is 0 Å². The Bertz CT molecular complexity index is 835. The number of pyridine rings is 1. The van der Waals surface area contributed by atoms with E-state index in [9.17, 15) is 10.1 Å². The standard InChI is InChI=1S/C18H19BrN4O/c1-12(24)22-18(2)5-7-23(8-6-18)17-9-13(11-20)15-10-14(19)3-4-16(15)21-17/h3-4,9-10H,5-8H2,1-2H3,(H,22,24). The second-order valence-electron chi connectivity index (χ2n) is 6.53. The highest BCUT2D eigenvalue weighted by atomic mass is 79.9. The predicted octanol–water partition coefficient (Wildman–Crippen LogP) is 3.36. The van der Waals surface area contributed by atoms with Gasteiger partial charge in [0.05, 0.1) is 17.1 Å². The average Bonchev–Trinajstić information content (AvgIpc) is 2.53. The lowest BCUT2D eigenvalue weighted by molar-refractivity contribution is -0.120. The summed E-state index contributed by atoms with van der Waals surface area (Å²) in [5.41, 5.74) is 1.29. The molecular formula is C18H19BrN4O. The smallest absolute Gasteiger partial charge is 0.217 e. The first-order chi connectivity index (χ1) is 11.4. The summed E-state index contributed by atoms with van der Waals surface area (Å²) in [6.45, 7) is 5.24. The fourth-order valence-electron chi connectivity index (χ4n) is 3.22. The molecule has 2 heterocycles. The van der Waals surface area contributed by atoms with Crippen LogP contribution in [0, 0.1) is 11.3 Å². The van der Waals surface area contributed by atoms with Gasteiger partial charge in [0.15, 0.2) is 0 Å². The van der Waals surface area contributed by atoms with Crippen molar-refractivity contribution in [1.82, 2.24) is 10.3 Å². The monoisotopic (exact) mass is 386 g/mol. The molecule has 0 aliphatic carbocycles. The minimum Gasteiger partial charge on any atom is -0.356 e. The van der Waals surface area contributed by atoms with Gasteiger partial charge in [-0.1, -0.05) is 15.9 Å². The van der Waals surface area contributed by atoms with Crippen molar-refractivity contribution in [2.45, 2.75) is 32.2 Å². The van der Waals surface area contributed by atoms with Crippen LogP contribution in [0.25, 0.3) is 10.9 Å². The molecule has 6 heteroatoms. The third-order valence-corrected chi connectivity index (χ3v) is 5.04. The van der Waals surface area contributed by atoms with E-state index in [1.54, 1.807) is 6.92 Å². The van der Waals surface area contributed by atoms with E-state index in [-0.39, 0.29) is 11.4 Å². The maximum absolute atomic E-state index is 11.3. The van der Waals surface area contributed by atoms with Crippen molar-refractivity contribution in [2.75, 3.05) is 18.0 Å². The van der Waals surface area contributed by atoms with Crippen molar-refractivity contribution in [1.29, 1.82) is 5.26 Å². The lowest BCUT2D eigenvalue weighted by Gasteiger charge is -2.40. The number of nitriles is 1. The molecule has 0 radical (unpaired) electrons. The van der Waals surface area contributed by atoms with Crippen molar-refractivity contribution >= 4 is 38.6 Å². The Morgan fingerprint density at radius 2 is 2.08 bits per heavy atom. The van der Waals surface area contributed by atoms with Crippen LogP contribution in [0.5, 0.6) is 0 Å². The van der Waals surface area contributed by atoms with Crippen LogP contribution in [0.2, 0.25) is 0 Å². The molecule has 1 aliphatic rings. The molecule has 0 unspecified atom stereocenters. The number of benzene rings is 1. The van der Waals surface area contributed by atoms with Crippen LogP contribution in [0.1, 0.15) is 32.3 Å². The molecule has 1 aliphatic heterocycles. The second kappa shape index (κ2) is 6.40. The molecule has 24 heavy (non-hydrogen) atoms. The first-order valence-corrected chi connectivity index (χ1v) is 8.74. The van der Waals surface area contributed by atoms with Crippen LogP contribution in [0.15, 0.2) is 28.7 Å². The molecule has 2 aromatic rings. The van der Waals surface area contributed by atoms with Gasteiger partial charge < -0.3 is 10.2 Å². The zero-order valence-electron chi connectivity index (χ0n) is 13.8. The van der Waals surface area contributed by atoms with Gasteiger partial charge in [-0.15, -0.1) is 0 Å². The number of aromatic nitrogens is 1. The molecule has 1 saturated heterocycles. The molecule has 1 aromatic heterocycles. The highest BCUT2D eigenvalue weighted by Gasteiger charge is 2.31. The Labute approximate surface area is 149 Å². The maximum atomic E-state index is 11.3. The zero-order valence-corrected chi connectivity index (χ0v) is 15.4. The van der Waals surface area contributed by atoms with Crippen molar-refractivity contribution in [3.05, 3.63) is 34.3 Å². The van der Waals surface area contributed by atoms with Crippen molar-refractivity contribution in [2.24, 2.45) is 0 Å². The minimum atomic E-state index is -0.165. The number of fused-ring (bicyclic) bond motifs is 1. The first-order valence-electron chi connectivity index (χ1n) is 7.94. The normalized spacial score (nSPS) is 16.7. The third-order valence-electron chi connectivity index (χ3n) is 4.55. The van der Waals surface area contributed by atoms with Crippen LogP contribution in [-0.4, -0.2) is 29.5 Å². The molecule has 5 nitrogen and oxygen atoms in total. The zero-order chi connectivity index (χ0) is 17.3. The van der Waals surface area contributed by atoms with Crippen LogP contribution < -0.4 is 10.2 Å². The van der Waals surface area contributed by atoms with Gasteiger partial charge in [0.2, 0.25) is 5.91 Å². The number of piperidine rings is 1. The van der Waals surface area contributed by atoms with Crippen molar-refractivity contribution < 1.29 is 4.79 Å². The lowest BCUT2D eigenvalue weighted by atomic mass is 9.89. The van der Waals surface area contributed by atoms with Gasteiger partial charge in [-0.05, 0) is 44.0 Å². The summed E-state index contributed by atoms with van der Waals surface area (Å²) in [5, 5.41) is 13.4. The number of carbonyl (C=O) groups is 1. The third kappa shape index (κ3) is 3.36. The van der Waals surface area contributed by atoms with Crippen molar-refractivity contribution in [3.63, 3.8) is 0 Å². The Kier molecular flexibility index (Phi) is 4.46. The molecule has 1 N–H and O–H groups in total. The van der Waals surface area contributed by atoms with Gasteiger partial charge in [-0.3, -0.25) is 4.79 Å². The summed E-state index contributed by atoms with van der Waals surface area (Å²) >= 11 is 3.44. The fourth-order valence-corrected chi connectivity index (χ4v) is 3.58. The number of nitrogens with zero attached hydrogens (tertiary/aromatic N) is 3. The lowest BCUT2D eigenvalue weighted by Crippen LogP contribution is -2.53. The van der Waals surface area contributed by atoms with E-state index in [1.807, 2.05) is 24.3 Å². The fraction of sp³-hybridized carbons (Fsp3) is 0.389. The summed E-state index contributed by atoms with van der Waals surface area (Å²) in [4.78, 5) is 18.3. The molecule has 0 spiro atoms. The number of hydrogen-bond acceptors (Lipinski definition) is 4. The summed E-state index contributed by atoms with van der Waals surface area (Å²) in [6.07, 6.45) is 1.71. The number of rotatable bonds is 2. The molecule has 0 saturated carbocycles. The van der Waals surface area contributed by atoms with Gasteiger partial charge in [0.1, 0.15) is 5.82 Å². The SMILES string of the molecule is CC(=O)NC1(C)CCN(c2cc(C#N)c3cc(Br)ccc3n2)CC1. The van der Waals surface area contributed by atoms with E-state index >= 15 is 0 Å². The van der Waals surface area contributed by atoms with Crippen LogP contribution in [-0.2, 0) is 4.79 Å². The Morgan fingerprint density at radius 3 is 2.71 bits per heavy atom. The number of hydrogen-bond donors (Lipinski definition) is 1. The van der Waals surface area contributed by atoms with Gasteiger partial charge in [-0.2, -0.15) is 5.26 Å². The Morgan fingerprint density at radius 1 is 1.38 bits per heavy atom. The molecule has 1 aromatic carbocycles. The molecule has 1 amide bonds. The highest BCUT2D eigenvalue weighted by molar-refractivity contribution is 9.10. The topological polar surface area (TPSA) is 69.0 Å². The molecule has 0 bridgehead atoms. The molecule has 0 atom stereocenters. The summed E-state index contributed by atoms with van der Waals surface area (Å²) < 4.78 is 0.935. The summed E-state index contributed by atoms with van der Waals surface area (Å²) in [6, 6.07) is 9.92. The minimum absolute atomic E-state index is 0.00660. The summed E-state index contributed by atoms with van der Waals surface area (Å²) in [7, 11) is 0. The van der Waals surface area contributed by atoms with Crippen LogP contribution >= 0.6 is 15.9 Å². The number of nitrogens with one attached hydrogen (secondary N) is 1. The van der Waals surface area contributed by atoms with Crippen molar-refractivity contribution in [3.8, 4) is 6.07 Å². The van der Waals surface area contributed by atoms with E-state index in [0.717, 1.165) is 47.1 Å². The van der Waals surface area contributed by atoms with Crippen LogP contribution in [0.4, 0.5) is 5.82 Å². The maximum Gasteiger partial charge on any atom is 0.217 e. The number of amides is 1. The average molecular weight is 387 g/mol. The highest BCUT2D eigenvalue weighted by Crippen LogP contribution is 2.29. The second-order valence-corrected chi connectivity index (χ2v) is 7.45. The van der Waals surface area contributed by atoms with E-state index in [4.69, 9.17) is 4.98 Å². The van der Waals surface area contributed by atoms with Gasteiger partial charge in [0, 0.05) is 35.4 Å². The number of carbonyl (C=O) groups excluding carboxylic acids is 1. The molecule has 3 rings (SSSR count). The van der Waals surface area contributed by atoms with E-state index < -0.39 is 0 Å². The van der Waals surface area contributed by atoms with Gasteiger partial charge >= 0.3 is 0 Å². The quantitative estimate of drug-likeness (QED) is 0.858. The Hall–Kier alpha value is -2.13. The summed E-state index contributed by atoms with van der Waals surface area (Å²) in [5.74, 6) is 0.832. The molecule has 124 valence electrons. The first kappa shape index (κ1) is 16.7. The van der Waals surface area contributed by atoms with E-state index in [0.29, 0.717) is 5.56 Å².